The number of allylic oxidation sites excluding steroid dienone is 3. The Morgan fingerprint density at radius 1 is 0.581 bits per heavy atom. The topological polar surface area (TPSA) is 142 Å². The Labute approximate surface area is 440 Å². The molecule has 0 aromatic heterocycles. The molecular formula is C59H67O12P3. The lowest BCUT2D eigenvalue weighted by molar-refractivity contribution is -0.107. The molecule has 0 spiro atoms. The van der Waals surface area contributed by atoms with Gasteiger partial charge in [0.15, 0.2) is 11.5 Å². The van der Waals surface area contributed by atoms with E-state index in [9.17, 15) is 19.2 Å². The van der Waals surface area contributed by atoms with Gasteiger partial charge in [-0.05, 0) is 120 Å². The van der Waals surface area contributed by atoms with Crippen LogP contribution in [-0.2, 0) is 14.1 Å². The van der Waals surface area contributed by atoms with Crippen molar-refractivity contribution in [1.29, 1.82) is 0 Å². The monoisotopic (exact) mass is 1060 g/mol. The van der Waals surface area contributed by atoms with Crippen molar-refractivity contribution in [1.82, 2.24) is 0 Å². The fourth-order valence-electron chi connectivity index (χ4n) is 6.57. The number of para-hydroxylation sites is 2. The van der Waals surface area contributed by atoms with Crippen molar-refractivity contribution in [2.45, 2.75) is 66.0 Å². The van der Waals surface area contributed by atoms with Crippen LogP contribution < -0.4 is 43.7 Å². The first-order valence-electron chi connectivity index (χ1n) is 23.9. The van der Waals surface area contributed by atoms with Gasteiger partial charge in [0, 0.05) is 39.9 Å². The summed E-state index contributed by atoms with van der Waals surface area (Å²) in [6, 6.07) is 42.9. The number of aldehydes is 4. The van der Waals surface area contributed by atoms with Crippen molar-refractivity contribution in [2.75, 3.05) is 34.6 Å². The molecule has 15 heteroatoms. The van der Waals surface area contributed by atoms with Gasteiger partial charge in [-0.15, -0.1) is 0 Å². The molecule has 74 heavy (non-hydrogen) atoms. The molecule has 12 nitrogen and oxygen atoms in total. The van der Waals surface area contributed by atoms with E-state index >= 15 is 0 Å². The summed E-state index contributed by atoms with van der Waals surface area (Å²) in [6.07, 6.45) is 12.9. The van der Waals surface area contributed by atoms with E-state index in [2.05, 4.69) is 61.5 Å². The van der Waals surface area contributed by atoms with Crippen LogP contribution in [0, 0.1) is 13.8 Å². The van der Waals surface area contributed by atoms with E-state index in [1.54, 1.807) is 83.2 Å². The summed E-state index contributed by atoms with van der Waals surface area (Å²) in [7, 11) is 2.81. The van der Waals surface area contributed by atoms with Gasteiger partial charge in [0.05, 0.1) is 46.1 Å². The lowest BCUT2D eigenvalue weighted by Gasteiger charge is -2.27. The lowest BCUT2D eigenvalue weighted by atomic mass is 10.1. The molecule has 1 aliphatic rings. The maximum absolute atomic E-state index is 11.3. The molecule has 1 aliphatic carbocycles. The molecule has 0 heterocycles. The molecule has 0 bridgehead atoms. The predicted octanol–water partition coefficient (Wildman–Crippen LogP) is 13.6. The molecule has 3 atom stereocenters. The largest absolute Gasteiger partial charge is 0.502 e. The molecule has 0 aliphatic heterocycles. The molecule has 390 valence electrons. The zero-order chi connectivity index (χ0) is 53.7. The van der Waals surface area contributed by atoms with E-state index in [0.29, 0.717) is 40.3 Å². The SMILES string of the molecule is C/C=C/OP(Oc1ccccc1P(c1ccccc1)c1ccccc1OP(CCC)Oc1ccc(C=O)cc1OC)C1CC1.CO/C(C)=C/CC=O.COc1cc(C=O)ccc1C.COc1cc(C=O)ccc1C. The summed E-state index contributed by atoms with van der Waals surface area (Å²) < 4.78 is 46.3. The minimum atomic E-state index is -1.37. The van der Waals surface area contributed by atoms with Crippen LogP contribution in [0.25, 0.3) is 0 Å². The molecule has 0 N–H and O–H groups in total. The number of carbonyl (C=O) groups is 4. The van der Waals surface area contributed by atoms with Crippen molar-refractivity contribution in [2.24, 2.45) is 0 Å². The predicted molar refractivity (Wildman–Crippen MR) is 301 cm³/mol. The van der Waals surface area contributed by atoms with Gasteiger partial charge in [0.1, 0.15) is 48.1 Å². The van der Waals surface area contributed by atoms with E-state index < -0.39 is 24.7 Å². The van der Waals surface area contributed by atoms with Gasteiger partial charge in [-0.1, -0.05) is 104 Å². The Balaban J connectivity index is 0.000000317. The fraction of sp³-hybridized carbons (Fsp3) is 0.254. The van der Waals surface area contributed by atoms with Crippen LogP contribution in [0.2, 0.25) is 0 Å². The molecule has 6 aromatic rings. The van der Waals surface area contributed by atoms with Gasteiger partial charge in [-0.3, -0.25) is 14.4 Å². The van der Waals surface area contributed by atoms with E-state index in [0.717, 1.165) is 101 Å². The Hall–Kier alpha value is -6.83. The minimum absolute atomic E-state index is 0.444. The molecule has 6 aromatic carbocycles. The first-order valence-corrected chi connectivity index (χ1v) is 27.9. The zero-order valence-electron chi connectivity index (χ0n) is 43.6. The number of aryl methyl sites for hydroxylation is 2. The molecule has 0 amide bonds. The summed E-state index contributed by atoms with van der Waals surface area (Å²) in [5.41, 5.74) is 4.34. The van der Waals surface area contributed by atoms with Crippen LogP contribution in [0.1, 0.15) is 88.7 Å². The average molecular weight is 1060 g/mol. The summed E-state index contributed by atoms with van der Waals surface area (Å²) in [5.74, 6) is 4.97. The molecular weight excluding hydrogens is 994 g/mol. The first kappa shape index (κ1) is 59.7. The fourth-order valence-corrected chi connectivity index (χ4v) is 12.0. The number of hydrogen-bond acceptors (Lipinski definition) is 12. The van der Waals surface area contributed by atoms with Crippen molar-refractivity contribution >= 4 is 65.7 Å². The third kappa shape index (κ3) is 19.2. The zero-order valence-corrected chi connectivity index (χ0v) is 46.3. The summed E-state index contributed by atoms with van der Waals surface area (Å²) in [5, 5.41) is 3.37. The molecule has 3 unspecified atom stereocenters. The number of ether oxygens (including phenoxy) is 4. The highest BCUT2D eigenvalue weighted by molar-refractivity contribution is 7.80. The van der Waals surface area contributed by atoms with Gasteiger partial charge in [0.25, 0.3) is 16.8 Å². The van der Waals surface area contributed by atoms with E-state index in [-0.39, 0.29) is 0 Å². The summed E-state index contributed by atoms with van der Waals surface area (Å²) in [4.78, 5) is 41.7. The van der Waals surface area contributed by atoms with E-state index in [4.69, 9.17) is 37.0 Å². The Morgan fingerprint density at radius 3 is 1.54 bits per heavy atom. The first-order chi connectivity index (χ1) is 36.0. The second kappa shape index (κ2) is 33.1. The summed E-state index contributed by atoms with van der Waals surface area (Å²) in [6.45, 7) is 9.75. The third-order valence-corrected chi connectivity index (χ3v) is 16.6. The number of carbonyl (C=O) groups excluding carboxylic acids is 4. The normalized spacial score (nSPS) is 12.7. The number of rotatable bonds is 23. The molecule has 1 saturated carbocycles. The van der Waals surface area contributed by atoms with Gasteiger partial charge >= 0.3 is 0 Å². The lowest BCUT2D eigenvalue weighted by Crippen LogP contribution is -2.23. The smallest absolute Gasteiger partial charge is 0.293 e. The van der Waals surface area contributed by atoms with Crippen LogP contribution in [0.4, 0.5) is 0 Å². The van der Waals surface area contributed by atoms with Crippen LogP contribution >= 0.6 is 24.7 Å². The van der Waals surface area contributed by atoms with Gasteiger partial charge in [-0.25, -0.2) is 0 Å². The van der Waals surface area contributed by atoms with Crippen LogP contribution in [0.5, 0.6) is 34.5 Å². The Morgan fingerprint density at radius 2 is 1.07 bits per heavy atom. The van der Waals surface area contributed by atoms with Crippen LogP contribution in [0.15, 0.2) is 158 Å². The highest BCUT2D eigenvalue weighted by atomic mass is 31.2. The van der Waals surface area contributed by atoms with E-state index in [1.807, 2.05) is 70.2 Å². The highest BCUT2D eigenvalue weighted by Gasteiger charge is 2.37. The van der Waals surface area contributed by atoms with Crippen molar-refractivity contribution in [3.8, 4) is 34.5 Å². The molecule has 7 rings (SSSR count). The van der Waals surface area contributed by atoms with Crippen LogP contribution in [-0.4, -0.2) is 65.4 Å². The van der Waals surface area contributed by atoms with Crippen LogP contribution in [0.3, 0.4) is 0 Å². The quantitative estimate of drug-likeness (QED) is 0.0342. The molecule has 0 radical (unpaired) electrons. The molecule has 0 saturated heterocycles. The maximum atomic E-state index is 11.3. The van der Waals surface area contributed by atoms with Gasteiger partial charge in [0.2, 0.25) is 0 Å². The average Bonchev–Trinajstić information content (AvgIpc) is 4.30. The van der Waals surface area contributed by atoms with Crippen molar-refractivity contribution < 1.29 is 56.2 Å². The third-order valence-electron chi connectivity index (χ3n) is 10.7. The Bertz CT molecular complexity index is 2680. The van der Waals surface area contributed by atoms with Crippen molar-refractivity contribution in [3.63, 3.8) is 0 Å². The number of benzene rings is 6. The minimum Gasteiger partial charge on any atom is -0.502 e. The standard InChI is InChI=1S/C35H37O6P3.2C9H10O2.C6H10O2/c1-4-23-38-44(29-20-21-29)41-32-16-10-12-18-35(32)43(28-13-7-6-8-14-28)34-17-11-9-15-31(34)40-42(24-5-2)39-30-22-19-27(26-36)25-33(30)37-3;2*1-7-3-4-8(6-10)5-9(7)11-2;1-6(8-2)4-3-5-7/h4,6-19,22-23,25-26,29H,5,20-21,24H2,1-3H3;2*3-6H,1-2H3;4-5H,3H2,1-2H3/b23-4+;;;6-4+. The highest BCUT2D eigenvalue weighted by Crippen LogP contribution is 2.56. The number of methoxy groups -OCH3 is 4. The van der Waals surface area contributed by atoms with E-state index in [1.165, 1.54) is 5.30 Å². The number of hydrogen-bond donors (Lipinski definition) is 0. The van der Waals surface area contributed by atoms with Crippen molar-refractivity contribution in [3.05, 3.63) is 185 Å². The Kier molecular flexibility index (Phi) is 26.7. The summed E-state index contributed by atoms with van der Waals surface area (Å²) >= 11 is 0. The van der Waals surface area contributed by atoms with Gasteiger partial charge in [-0.2, -0.15) is 0 Å². The second-order valence-corrected chi connectivity index (χ2v) is 21.5. The second-order valence-electron chi connectivity index (χ2n) is 16.2. The molecule has 1 fully saturated rings. The maximum Gasteiger partial charge on any atom is 0.293 e. The van der Waals surface area contributed by atoms with Gasteiger partial charge < -0.3 is 41.8 Å².